The van der Waals surface area contributed by atoms with Gasteiger partial charge in [0.15, 0.2) is 0 Å². The highest BCUT2D eigenvalue weighted by molar-refractivity contribution is 5.39. The molecule has 1 N–H and O–H groups in total. The number of hydrogen-bond acceptors (Lipinski definition) is 3. The fourth-order valence-electron chi connectivity index (χ4n) is 3.21. The van der Waals surface area contributed by atoms with Gasteiger partial charge in [-0.05, 0) is 55.4 Å². The Bertz CT molecular complexity index is 427. The molecule has 0 amide bonds. The van der Waals surface area contributed by atoms with Crippen LogP contribution >= 0.6 is 0 Å². The molecule has 1 heterocycles. The molecule has 0 aromatic heterocycles. The summed E-state index contributed by atoms with van der Waals surface area (Å²) in [7, 11) is 1.73. The lowest BCUT2D eigenvalue weighted by Crippen LogP contribution is -2.32. The third kappa shape index (κ3) is 2.93. The maximum absolute atomic E-state index is 5.69. The Balaban J connectivity index is 1.67. The van der Waals surface area contributed by atoms with E-state index in [4.69, 9.17) is 9.47 Å². The third-order valence-electron chi connectivity index (χ3n) is 4.28. The number of nitrogens with one attached hydrogen (secondary N) is 1. The van der Waals surface area contributed by atoms with E-state index in [1.165, 1.54) is 43.2 Å². The van der Waals surface area contributed by atoms with Crippen molar-refractivity contribution >= 4 is 0 Å². The molecule has 0 spiro atoms. The predicted molar refractivity (Wildman–Crippen MR) is 75.6 cm³/mol. The summed E-state index contributed by atoms with van der Waals surface area (Å²) in [5.74, 6) is 0.971. The van der Waals surface area contributed by atoms with Crippen LogP contribution in [0.4, 0.5) is 0 Å². The van der Waals surface area contributed by atoms with E-state index in [0.29, 0.717) is 12.1 Å². The van der Waals surface area contributed by atoms with E-state index < -0.39 is 0 Å². The highest BCUT2D eigenvalue weighted by Crippen LogP contribution is 2.32. The molecule has 3 rings (SSSR count). The van der Waals surface area contributed by atoms with E-state index in [1.807, 2.05) is 0 Å². The maximum Gasteiger partial charge on any atom is 0.119 e. The molecule has 0 saturated carbocycles. The van der Waals surface area contributed by atoms with Crippen LogP contribution in [0.25, 0.3) is 0 Å². The molecule has 0 radical (unpaired) electrons. The van der Waals surface area contributed by atoms with Gasteiger partial charge in [0.1, 0.15) is 5.75 Å². The van der Waals surface area contributed by atoms with Crippen molar-refractivity contribution in [3.05, 3.63) is 29.3 Å². The third-order valence-corrected chi connectivity index (χ3v) is 4.28. The van der Waals surface area contributed by atoms with Crippen LogP contribution < -0.4 is 10.1 Å². The summed E-state index contributed by atoms with van der Waals surface area (Å²) >= 11 is 0. The fourth-order valence-corrected chi connectivity index (χ4v) is 3.21. The number of methoxy groups -OCH3 is 1. The molecule has 19 heavy (non-hydrogen) atoms. The number of benzene rings is 1. The lowest BCUT2D eigenvalue weighted by Gasteiger charge is -2.28. The SMILES string of the molecule is COc1ccc2c(c1)CCCC2NCC1CCCO1. The van der Waals surface area contributed by atoms with E-state index in [-0.39, 0.29) is 0 Å². The van der Waals surface area contributed by atoms with Crippen LogP contribution in [-0.2, 0) is 11.2 Å². The van der Waals surface area contributed by atoms with Gasteiger partial charge in [-0.3, -0.25) is 0 Å². The van der Waals surface area contributed by atoms with Crippen LogP contribution in [0, 0.1) is 0 Å². The maximum atomic E-state index is 5.69. The highest BCUT2D eigenvalue weighted by atomic mass is 16.5. The van der Waals surface area contributed by atoms with Crippen molar-refractivity contribution in [1.82, 2.24) is 5.32 Å². The molecule has 1 aliphatic carbocycles. The molecule has 2 atom stereocenters. The summed E-state index contributed by atoms with van der Waals surface area (Å²) in [6, 6.07) is 6.97. The highest BCUT2D eigenvalue weighted by Gasteiger charge is 2.22. The van der Waals surface area contributed by atoms with Crippen molar-refractivity contribution in [3.63, 3.8) is 0 Å². The lowest BCUT2D eigenvalue weighted by molar-refractivity contribution is 0.107. The van der Waals surface area contributed by atoms with Crippen molar-refractivity contribution in [1.29, 1.82) is 0 Å². The number of aryl methyl sites for hydroxylation is 1. The zero-order valence-electron chi connectivity index (χ0n) is 11.7. The molecule has 0 bridgehead atoms. The molecule has 1 aliphatic heterocycles. The lowest BCUT2D eigenvalue weighted by atomic mass is 9.87. The second-order valence-electron chi connectivity index (χ2n) is 5.55. The minimum Gasteiger partial charge on any atom is -0.497 e. The van der Waals surface area contributed by atoms with Gasteiger partial charge in [-0.1, -0.05) is 6.07 Å². The van der Waals surface area contributed by atoms with Crippen molar-refractivity contribution in [2.75, 3.05) is 20.3 Å². The van der Waals surface area contributed by atoms with Crippen LogP contribution in [0.3, 0.4) is 0 Å². The Kier molecular flexibility index (Phi) is 4.04. The molecule has 3 nitrogen and oxygen atoms in total. The molecule has 1 saturated heterocycles. The van der Waals surface area contributed by atoms with Crippen LogP contribution in [0.15, 0.2) is 18.2 Å². The van der Waals surface area contributed by atoms with Gasteiger partial charge in [0.2, 0.25) is 0 Å². The molecular formula is C16H23NO2. The van der Waals surface area contributed by atoms with Crippen LogP contribution in [0.1, 0.15) is 42.9 Å². The molecule has 1 aromatic rings. The smallest absolute Gasteiger partial charge is 0.119 e. The summed E-state index contributed by atoms with van der Waals surface area (Å²) in [6.45, 7) is 1.92. The summed E-state index contributed by atoms with van der Waals surface area (Å²) in [5, 5.41) is 3.69. The number of fused-ring (bicyclic) bond motifs is 1. The second-order valence-corrected chi connectivity index (χ2v) is 5.55. The fraction of sp³-hybridized carbons (Fsp3) is 0.625. The van der Waals surface area contributed by atoms with E-state index in [1.54, 1.807) is 7.11 Å². The van der Waals surface area contributed by atoms with Gasteiger partial charge < -0.3 is 14.8 Å². The van der Waals surface area contributed by atoms with E-state index in [9.17, 15) is 0 Å². The predicted octanol–water partition coefficient (Wildman–Crippen LogP) is 2.84. The van der Waals surface area contributed by atoms with Crippen LogP contribution in [0.5, 0.6) is 5.75 Å². The topological polar surface area (TPSA) is 30.5 Å². The summed E-state index contributed by atoms with van der Waals surface area (Å²) in [5.41, 5.74) is 2.89. The van der Waals surface area contributed by atoms with E-state index >= 15 is 0 Å². The quantitative estimate of drug-likeness (QED) is 0.904. The van der Waals surface area contributed by atoms with Crippen molar-refractivity contribution in [2.45, 2.75) is 44.2 Å². The summed E-state index contributed by atoms with van der Waals surface area (Å²) in [6.07, 6.45) is 6.49. The van der Waals surface area contributed by atoms with Crippen molar-refractivity contribution in [2.24, 2.45) is 0 Å². The summed E-state index contributed by atoms with van der Waals surface area (Å²) in [4.78, 5) is 0. The van der Waals surface area contributed by atoms with E-state index in [2.05, 4.69) is 23.5 Å². The molecule has 2 aliphatic rings. The monoisotopic (exact) mass is 261 g/mol. The van der Waals surface area contributed by atoms with E-state index in [0.717, 1.165) is 18.9 Å². The first kappa shape index (κ1) is 12.9. The number of hydrogen-bond donors (Lipinski definition) is 1. The molecule has 3 heteroatoms. The minimum atomic E-state index is 0.420. The second kappa shape index (κ2) is 5.93. The van der Waals surface area contributed by atoms with Gasteiger partial charge in [-0.2, -0.15) is 0 Å². The Morgan fingerprint density at radius 1 is 1.32 bits per heavy atom. The average Bonchev–Trinajstić information content (AvgIpc) is 2.97. The van der Waals surface area contributed by atoms with Gasteiger partial charge >= 0.3 is 0 Å². The largest absolute Gasteiger partial charge is 0.497 e. The normalized spacial score (nSPS) is 26.2. The number of ether oxygens (including phenoxy) is 2. The average molecular weight is 261 g/mol. The van der Waals surface area contributed by atoms with Gasteiger partial charge in [-0.25, -0.2) is 0 Å². The van der Waals surface area contributed by atoms with Gasteiger partial charge in [-0.15, -0.1) is 0 Å². The van der Waals surface area contributed by atoms with Crippen molar-refractivity contribution < 1.29 is 9.47 Å². The Morgan fingerprint density at radius 2 is 2.26 bits per heavy atom. The summed E-state index contributed by atoms with van der Waals surface area (Å²) < 4.78 is 11.0. The Labute approximate surface area is 115 Å². The van der Waals surface area contributed by atoms with Crippen molar-refractivity contribution in [3.8, 4) is 5.75 Å². The number of rotatable bonds is 4. The Morgan fingerprint density at radius 3 is 3.05 bits per heavy atom. The van der Waals surface area contributed by atoms with Gasteiger partial charge in [0.05, 0.1) is 13.2 Å². The zero-order chi connectivity index (χ0) is 13.1. The molecule has 1 aromatic carbocycles. The molecule has 1 fully saturated rings. The van der Waals surface area contributed by atoms with Crippen LogP contribution in [-0.4, -0.2) is 26.4 Å². The molecule has 2 unspecified atom stereocenters. The first-order valence-electron chi connectivity index (χ1n) is 7.38. The minimum absolute atomic E-state index is 0.420. The Hall–Kier alpha value is -1.06. The first-order valence-corrected chi connectivity index (χ1v) is 7.38. The zero-order valence-corrected chi connectivity index (χ0v) is 11.7. The first-order chi connectivity index (χ1) is 9.36. The van der Waals surface area contributed by atoms with Crippen LogP contribution in [0.2, 0.25) is 0 Å². The van der Waals surface area contributed by atoms with Gasteiger partial charge in [0, 0.05) is 19.2 Å². The standard InChI is InChI=1S/C16H23NO2/c1-18-13-7-8-15-12(10-13)4-2-6-16(15)17-11-14-5-3-9-19-14/h7-8,10,14,16-17H,2-6,9,11H2,1H3. The van der Waals surface area contributed by atoms with Gasteiger partial charge in [0.25, 0.3) is 0 Å². The molecular weight excluding hydrogens is 238 g/mol. The molecule has 104 valence electrons.